The molecule has 1 aliphatic heterocycles. The van der Waals surface area contributed by atoms with Crippen LogP contribution in [0.1, 0.15) is 15.6 Å². The van der Waals surface area contributed by atoms with Crippen molar-refractivity contribution in [3.63, 3.8) is 0 Å². The van der Waals surface area contributed by atoms with Gasteiger partial charge in [-0.1, -0.05) is 17.4 Å². The summed E-state index contributed by atoms with van der Waals surface area (Å²) in [6.45, 7) is 4.96. The van der Waals surface area contributed by atoms with Crippen LogP contribution in [-0.4, -0.2) is 42.2 Å². The minimum Gasteiger partial charge on any atom is -0.441 e. The first-order valence-electron chi connectivity index (χ1n) is 8.58. The smallest absolute Gasteiger partial charge is 0.265 e. The molecule has 0 saturated carbocycles. The predicted octanol–water partition coefficient (Wildman–Crippen LogP) is 3.90. The highest BCUT2D eigenvalue weighted by Crippen LogP contribution is 2.35. The van der Waals surface area contributed by atoms with E-state index in [2.05, 4.69) is 15.2 Å². The fourth-order valence-corrected chi connectivity index (χ4v) is 5.23. The first kappa shape index (κ1) is 16.7. The molecule has 7 nitrogen and oxygen atoms in total. The number of carbonyl (C=O) groups excluding carboxylic acids is 1. The van der Waals surface area contributed by atoms with Crippen LogP contribution in [0.4, 0.5) is 10.8 Å². The summed E-state index contributed by atoms with van der Waals surface area (Å²) < 4.78 is 11.9. The lowest BCUT2D eigenvalue weighted by molar-refractivity contribution is 0.103. The SMILES string of the molecule is Cc1nc2c(NC(=O)c3cc4sc(N5CCOCC5)nc4s3)cccc2o1. The first-order valence-corrected chi connectivity index (χ1v) is 10.2. The van der Waals surface area contributed by atoms with Crippen LogP contribution in [0.25, 0.3) is 20.6 Å². The number of aryl methyl sites for hydroxylation is 1. The Balaban J connectivity index is 1.39. The molecule has 1 amide bonds. The molecule has 9 heteroatoms. The monoisotopic (exact) mass is 400 g/mol. The number of amides is 1. The van der Waals surface area contributed by atoms with Gasteiger partial charge in [0.05, 0.1) is 28.5 Å². The van der Waals surface area contributed by atoms with Crippen LogP contribution in [0, 0.1) is 6.92 Å². The lowest BCUT2D eigenvalue weighted by Crippen LogP contribution is -2.36. The maximum Gasteiger partial charge on any atom is 0.265 e. The van der Waals surface area contributed by atoms with Gasteiger partial charge in [-0.3, -0.25) is 4.79 Å². The molecule has 0 atom stereocenters. The summed E-state index contributed by atoms with van der Waals surface area (Å²) in [5.74, 6) is 0.412. The molecule has 3 aromatic heterocycles. The van der Waals surface area contributed by atoms with E-state index in [1.807, 2.05) is 24.3 Å². The Bertz CT molecular complexity index is 1110. The van der Waals surface area contributed by atoms with Crippen LogP contribution in [0.2, 0.25) is 0 Å². The third-order valence-electron chi connectivity index (χ3n) is 4.36. The van der Waals surface area contributed by atoms with Crippen LogP contribution in [0.3, 0.4) is 0 Å². The fourth-order valence-electron chi connectivity index (χ4n) is 3.07. The van der Waals surface area contributed by atoms with Crippen molar-refractivity contribution >= 4 is 60.0 Å². The first-order chi connectivity index (χ1) is 13.2. The lowest BCUT2D eigenvalue weighted by atomic mass is 10.2. The number of rotatable bonds is 3. The summed E-state index contributed by atoms with van der Waals surface area (Å²) in [5, 5.41) is 3.94. The van der Waals surface area contributed by atoms with Crippen molar-refractivity contribution in [1.82, 2.24) is 9.97 Å². The Morgan fingerprint density at radius 2 is 2.07 bits per heavy atom. The second-order valence-corrected chi connectivity index (χ2v) is 8.25. The second-order valence-electron chi connectivity index (χ2n) is 6.22. The number of nitrogens with zero attached hydrogens (tertiary/aromatic N) is 3. The van der Waals surface area contributed by atoms with Crippen molar-refractivity contribution in [3.8, 4) is 0 Å². The fraction of sp³-hybridized carbons (Fsp3) is 0.278. The summed E-state index contributed by atoms with van der Waals surface area (Å²) in [6, 6.07) is 7.41. The molecular weight excluding hydrogens is 384 g/mol. The van der Waals surface area contributed by atoms with Gasteiger partial charge in [-0.15, -0.1) is 11.3 Å². The Kier molecular flexibility index (Phi) is 4.07. The van der Waals surface area contributed by atoms with Crippen molar-refractivity contribution in [3.05, 3.63) is 35.0 Å². The molecule has 0 radical (unpaired) electrons. The molecule has 1 saturated heterocycles. The van der Waals surface area contributed by atoms with Gasteiger partial charge in [0.2, 0.25) is 0 Å². The molecule has 0 spiro atoms. The van der Waals surface area contributed by atoms with Gasteiger partial charge in [0.1, 0.15) is 10.3 Å². The van der Waals surface area contributed by atoms with E-state index in [1.54, 1.807) is 18.3 Å². The van der Waals surface area contributed by atoms with Crippen molar-refractivity contribution in [2.45, 2.75) is 6.92 Å². The number of anilines is 2. The van der Waals surface area contributed by atoms with Gasteiger partial charge in [0.25, 0.3) is 5.91 Å². The zero-order chi connectivity index (χ0) is 18.4. The maximum atomic E-state index is 12.7. The van der Waals surface area contributed by atoms with Crippen LogP contribution < -0.4 is 10.2 Å². The molecule has 0 aliphatic carbocycles. The average Bonchev–Trinajstić information content (AvgIpc) is 3.34. The van der Waals surface area contributed by atoms with Crippen molar-refractivity contribution in [1.29, 1.82) is 0 Å². The summed E-state index contributed by atoms with van der Waals surface area (Å²) in [4.78, 5) is 25.5. The summed E-state index contributed by atoms with van der Waals surface area (Å²) in [6.07, 6.45) is 0. The zero-order valence-corrected chi connectivity index (χ0v) is 16.2. The number of aromatic nitrogens is 2. The molecule has 138 valence electrons. The van der Waals surface area contributed by atoms with E-state index < -0.39 is 0 Å². The topological polar surface area (TPSA) is 80.5 Å². The van der Waals surface area contributed by atoms with Crippen LogP contribution in [0.15, 0.2) is 28.7 Å². The highest BCUT2D eigenvalue weighted by Gasteiger charge is 2.19. The zero-order valence-electron chi connectivity index (χ0n) is 14.5. The Morgan fingerprint density at radius 1 is 1.22 bits per heavy atom. The number of thiazole rings is 1. The molecule has 0 bridgehead atoms. The number of hydrogen-bond donors (Lipinski definition) is 1. The van der Waals surface area contributed by atoms with Gasteiger partial charge in [0.15, 0.2) is 16.6 Å². The standard InChI is InChI=1S/C18H16N4O3S2/c1-10-19-15-11(3-2-4-12(15)25-10)20-16(23)13-9-14-17(26-13)21-18(27-14)22-5-7-24-8-6-22/h2-4,9H,5-8H2,1H3,(H,20,23). The van der Waals surface area contributed by atoms with Crippen molar-refractivity contribution in [2.24, 2.45) is 0 Å². The van der Waals surface area contributed by atoms with E-state index in [0.717, 1.165) is 41.0 Å². The number of hydrogen-bond acceptors (Lipinski definition) is 8. The van der Waals surface area contributed by atoms with Gasteiger partial charge in [-0.2, -0.15) is 0 Å². The van der Waals surface area contributed by atoms with Crippen LogP contribution in [0.5, 0.6) is 0 Å². The van der Waals surface area contributed by atoms with E-state index in [1.165, 1.54) is 11.3 Å². The number of morpholine rings is 1. The minimum absolute atomic E-state index is 0.161. The van der Waals surface area contributed by atoms with Gasteiger partial charge in [-0.05, 0) is 18.2 Å². The summed E-state index contributed by atoms with van der Waals surface area (Å²) in [5.41, 5.74) is 1.97. The van der Waals surface area contributed by atoms with Crippen molar-refractivity contribution < 1.29 is 13.9 Å². The van der Waals surface area contributed by atoms with Crippen LogP contribution >= 0.6 is 22.7 Å². The number of oxazole rings is 1. The molecule has 5 rings (SSSR count). The Labute approximate surface area is 162 Å². The summed E-state index contributed by atoms with van der Waals surface area (Å²) in [7, 11) is 0. The van der Waals surface area contributed by atoms with E-state index in [-0.39, 0.29) is 5.91 Å². The maximum absolute atomic E-state index is 12.7. The lowest BCUT2D eigenvalue weighted by Gasteiger charge is -2.25. The average molecular weight is 400 g/mol. The summed E-state index contributed by atoms with van der Waals surface area (Å²) >= 11 is 3.02. The Morgan fingerprint density at radius 3 is 2.89 bits per heavy atom. The highest BCUT2D eigenvalue weighted by molar-refractivity contribution is 7.29. The molecule has 27 heavy (non-hydrogen) atoms. The third kappa shape index (κ3) is 3.07. The minimum atomic E-state index is -0.161. The number of ether oxygens (including phenoxy) is 1. The molecule has 1 N–H and O–H groups in total. The normalized spacial score (nSPS) is 14.9. The number of fused-ring (bicyclic) bond motifs is 2. The molecular formula is C18H16N4O3S2. The number of nitrogens with one attached hydrogen (secondary N) is 1. The number of para-hydroxylation sites is 1. The number of carbonyl (C=O) groups is 1. The van der Waals surface area contributed by atoms with Gasteiger partial charge in [0, 0.05) is 20.0 Å². The molecule has 1 aliphatic rings. The van der Waals surface area contributed by atoms with Gasteiger partial charge in [-0.25, -0.2) is 9.97 Å². The number of thiophene rings is 1. The van der Waals surface area contributed by atoms with Gasteiger partial charge < -0.3 is 19.4 Å². The van der Waals surface area contributed by atoms with E-state index in [4.69, 9.17) is 14.1 Å². The predicted molar refractivity (Wildman–Crippen MR) is 107 cm³/mol. The van der Waals surface area contributed by atoms with Gasteiger partial charge >= 0.3 is 0 Å². The Hall–Kier alpha value is -2.49. The molecule has 1 fully saturated rings. The molecule has 4 heterocycles. The molecule has 4 aromatic rings. The molecule has 0 unspecified atom stereocenters. The van der Waals surface area contributed by atoms with E-state index >= 15 is 0 Å². The number of benzene rings is 1. The quantitative estimate of drug-likeness (QED) is 0.562. The van der Waals surface area contributed by atoms with Crippen LogP contribution in [-0.2, 0) is 4.74 Å². The second kappa shape index (κ2) is 6.59. The van der Waals surface area contributed by atoms with E-state index in [0.29, 0.717) is 27.6 Å². The third-order valence-corrected chi connectivity index (χ3v) is 6.58. The highest BCUT2D eigenvalue weighted by atomic mass is 32.1. The largest absolute Gasteiger partial charge is 0.441 e. The molecule has 1 aromatic carbocycles. The van der Waals surface area contributed by atoms with Crippen molar-refractivity contribution in [2.75, 3.05) is 36.5 Å². The van der Waals surface area contributed by atoms with E-state index in [9.17, 15) is 4.79 Å².